The number of benzene rings is 1. The molecule has 0 heterocycles. The molecule has 1 aromatic carbocycles. The predicted octanol–water partition coefficient (Wildman–Crippen LogP) is 1.65. The zero-order chi connectivity index (χ0) is 12.3. The van der Waals surface area contributed by atoms with E-state index in [1.54, 1.807) is 0 Å². The van der Waals surface area contributed by atoms with E-state index in [1.165, 1.54) is 37.1 Å². The van der Waals surface area contributed by atoms with Gasteiger partial charge in [0.15, 0.2) is 0 Å². The number of nitrogens with one attached hydrogen (secondary N) is 1. The van der Waals surface area contributed by atoms with E-state index in [0.717, 1.165) is 6.54 Å². The Balaban J connectivity index is 1.74. The van der Waals surface area contributed by atoms with Crippen molar-refractivity contribution in [2.75, 3.05) is 20.1 Å². The Morgan fingerprint density at radius 2 is 2.06 bits per heavy atom. The fraction of sp³-hybridized carbons (Fsp3) is 0.462. The molecule has 0 bridgehead atoms. The Kier molecular flexibility index (Phi) is 3.74. The molecule has 4 heteroatoms. The zero-order valence-corrected chi connectivity index (χ0v) is 9.95. The minimum Gasteiger partial charge on any atom is -0.351 e. The summed E-state index contributed by atoms with van der Waals surface area (Å²) in [5.41, 5.74) is 0.500. The van der Waals surface area contributed by atoms with Gasteiger partial charge >= 0.3 is 0 Å². The van der Waals surface area contributed by atoms with Gasteiger partial charge in [-0.15, -0.1) is 0 Å². The molecule has 1 fully saturated rings. The second-order valence-corrected chi connectivity index (χ2v) is 4.47. The average Bonchev–Trinajstić information content (AvgIpc) is 3.13. The summed E-state index contributed by atoms with van der Waals surface area (Å²) in [6, 6.07) is 6.29. The summed E-state index contributed by atoms with van der Waals surface area (Å²) in [4.78, 5) is 13.9. The zero-order valence-electron chi connectivity index (χ0n) is 9.95. The summed E-state index contributed by atoms with van der Waals surface area (Å²) in [5, 5.41) is 2.83. The molecule has 1 aliphatic rings. The maximum atomic E-state index is 12.7. The molecule has 1 amide bonds. The second-order valence-electron chi connectivity index (χ2n) is 4.47. The Hall–Kier alpha value is -1.42. The van der Waals surface area contributed by atoms with Crippen molar-refractivity contribution in [2.45, 2.75) is 18.9 Å². The molecule has 0 aromatic heterocycles. The Morgan fingerprint density at radius 3 is 2.65 bits per heavy atom. The molecule has 92 valence electrons. The smallest absolute Gasteiger partial charge is 0.251 e. The molecule has 0 radical (unpaired) electrons. The molecule has 0 atom stereocenters. The van der Waals surface area contributed by atoms with E-state index in [-0.39, 0.29) is 11.7 Å². The summed E-state index contributed by atoms with van der Waals surface area (Å²) < 4.78 is 12.7. The summed E-state index contributed by atoms with van der Waals surface area (Å²) >= 11 is 0. The molecule has 1 aliphatic carbocycles. The lowest BCUT2D eigenvalue weighted by Crippen LogP contribution is -2.33. The van der Waals surface area contributed by atoms with E-state index in [4.69, 9.17) is 0 Å². The standard InChI is InChI=1S/C13H17FN2O/c1-16(12-6-7-12)9-8-15-13(17)10-2-4-11(14)5-3-10/h2-5,12H,6-9H2,1H3,(H,15,17). The number of nitrogens with zero attached hydrogens (tertiary/aromatic N) is 1. The SMILES string of the molecule is CN(CCNC(=O)c1ccc(F)cc1)C1CC1. The molecule has 1 aromatic rings. The maximum Gasteiger partial charge on any atom is 0.251 e. The Labute approximate surface area is 101 Å². The van der Waals surface area contributed by atoms with Crippen LogP contribution in [0.5, 0.6) is 0 Å². The molecule has 3 nitrogen and oxygen atoms in total. The molecule has 1 N–H and O–H groups in total. The van der Waals surface area contributed by atoms with Crippen LogP contribution in [-0.4, -0.2) is 37.0 Å². The number of carbonyl (C=O) groups is 1. The van der Waals surface area contributed by atoms with Crippen LogP contribution in [-0.2, 0) is 0 Å². The van der Waals surface area contributed by atoms with Crippen molar-refractivity contribution in [3.63, 3.8) is 0 Å². The number of hydrogen-bond acceptors (Lipinski definition) is 2. The minimum absolute atomic E-state index is 0.144. The summed E-state index contributed by atoms with van der Waals surface area (Å²) in [6.07, 6.45) is 2.53. The van der Waals surface area contributed by atoms with Crippen LogP contribution in [0.25, 0.3) is 0 Å². The molecule has 0 aliphatic heterocycles. The van der Waals surface area contributed by atoms with E-state index in [2.05, 4.69) is 17.3 Å². The Bertz CT molecular complexity index is 387. The molecule has 1 saturated carbocycles. The van der Waals surface area contributed by atoms with Crippen LogP contribution < -0.4 is 5.32 Å². The van der Waals surface area contributed by atoms with E-state index in [9.17, 15) is 9.18 Å². The van der Waals surface area contributed by atoms with Gasteiger partial charge in [0.25, 0.3) is 5.91 Å². The van der Waals surface area contributed by atoms with E-state index in [1.807, 2.05) is 0 Å². The monoisotopic (exact) mass is 236 g/mol. The molecular weight excluding hydrogens is 219 g/mol. The van der Waals surface area contributed by atoms with Gasteiger partial charge in [-0.05, 0) is 44.2 Å². The van der Waals surface area contributed by atoms with Crippen LogP contribution in [0.1, 0.15) is 23.2 Å². The van der Waals surface area contributed by atoms with E-state index >= 15 is 0 Å². The maximum absolute atomic E-state index is 12.7. The van der Waals surface area contributed by atoms with Crippen molar-refractivity contribution in [3.8, 4) is 0 Å². The van der Waals surface area contributed by atoms with Gasteiger partial charge in [-0.1, -0.05) is 0 Å². The fourth-order valence-electron chi connectivity index (χ4n) is 1.75. The van der Waals surface area contributed by atoms with Gasteiger partial charge < -0.3 is 10.2 Å². The van der Waals surface area contributed by atoms with Gasteiger partial charge in [-0.3, -0.25) is 4.79 Å². The molecule has 17 heavy (non-hydrogen) atoms. The van der Waals surface area contributed by atoms with Crippen LogP contribution >= 0.6 is 0 Å². The van der Waals surface area contributed by atoms with Crippen molar-refractivity contribution >= 4 is 5.91 Å². The van der Waals surface area contributed by atoms with Crippen molar-refractivity contribution < 1.29 is 9.18 Å². The highest BCUT2D eigenvalue weighted by Crippen LogP contribution is 2.24. The average molecular weight is 236 g/mol. The van der Waals surface area contributed by atoms with Crippen molar-refractivity contribution in [2.24, 2.45) is 0 Å². The number of likely N-dealkylation sites (N-methyl/N-ethyl adjacent to an activating group) is 1. The minimum atomic E-state index is -0.324. The van der Waals surface area contributed by atoms with Crippen molar-refractivity contribution in [3.05, 3.63) is 35.6 Å². The van der Waals surface area contributed by atoms with Crippen LogP contribution in [0.4, 0.5) is 4.39 Å². The normalized spacial score (nSPS) is 15.0. The summed E-state index contributed by atoms with van der Waals surface area (Å²) in [6.45, 7) is 1.49. The third-order valence-corrected chi connectivity index (χ3v) is 3.03. The van der Waals surface area contributed by atoms with Gasteiger partial charge in [0, 0.05) is 24.7 Å². The Morgan fingerprint density at radius 1 is 1.41 bits per heavy atom. The quantitative estimate of drug-likeness (QED) is 0.843. The predicted molar refractivity (Wildman–Crippen MR) is 64.4 cm³/mol. The number of amides is 1. The van der Waals surface area contributed by atoms with Crippen LogP contribution in [0, 0.1) is 5.82 Å². The van der Waals surface area contributed by atoms with Crippen molar-refractivity contribution in [1.82, 2.24) is 10.2 Å². The first-order valence-electron chi connectivity index (χ1n) is 5.91. The highest BCUT2D eigenvalue weighted by molar-refractivity contribution is 5.94. The van der Waals surface area contributed by atoms with Gasteiger partial charge in [0.2, 0.25) is 0 Å². The summed E-state index contributed by atoms with van der Waals surface area (Å²) in [7, 11) is 2.07. The first-order chi connectivity index (χ1) is 8.16. The number of carbonyl (C=O) groups excluding carboxylic acids is 1. The topological polar surface area (TPSA) is 32.3 Å². The third-order valence-electron chi connectivity index (χ3n) is 3.03. The largest absolute Gasteiger partial charge is 0.351 e. The van der Waals surface area contributed by atoms with Gasteiger partial charge in [-0.25, -0.2) is 4.39 Å². The highest BCUT2D eigenvalue weighted by atomic mass is 19.1. The molecule has 0 spiro atoms. The number of rotatable bonds is 5. The lowest BCUT2D eigenvalue weighted by molar-refractivity contribution is 0.0949. The summed E-state index contributed by atoms with van der Waals surface area (Å²) in [5.74, 6) is -0.468. The number of hydrogen-bond donors (Lipinski definition) is 1. The number of halogens is 1. The van der Waals surface area contributed by atoms with Crippen LogP contribution in [0.2, 0.25) is 0 Å². The van der Waals surface area contributed by atoms with E-state index < -0.39 is 0 Å². The molecular formula is C13H17FN2O. The lowest BCUT2D eigenvalue weighted by Gasteiger charge is -2.15. The first kappa shape index (κ1) is 12.0. The lowest BCUT2D eigenvalue weighted by atomic mass is 10.2. The molecule has 0 unspecified atom stereocenters. The highest BCUT2D eigenvalue weighted by Gasteiger charge is 2.25. The first-order valence-corrected chi connectivity index (χ1v) is 5.91. The fourth-order valence-corrected chi connectivity index (χ4v) is 1.75. The van der Waals surface area contributed by atoms with Gasteiger partial charge in [-0.2, -0.15) is 0 Å². The van der Waals surface area contributed by atoms with Gasteiger partial charge in [0.1, 0.15) is 5.82 Å². The third kappa shape index (κ3) is 3.53. The van der Waals surface area contributed by atoms with Crippen LogP contribution in [0.15, 0.2) is 24.3 Å². The second kappa shape index (κ2) is 5.27. The van der Waals surface area contributed by atoms with Crippen LogP contribution in [0.3, 0.4) is 0 Å². The molecule has 0 saturated heterocycles. The molecule has 2 rings (SSSR count). The van der Waals surface area contributed by atoms with E-state index in [0.29, 0.717) is 18.2 Å². The van der Waals surface area contributed by atoms with Gasteiger partial charge in [0.05, 0.1) is 0 Å². The van der Waals surface area contributed by atoms with Crippen molar-refractivity contribution in [1.29, 1.82) is 0 Å².